The van der Waals surface area contributed by atoms with Crippen LogP contribution in [0.1, 0.15) is 30.5 Å². The number of benzene rings is 3. The number of anilines is 1. The van der Waals surface area contributed by atoms with Crippen molar-refractivity contribution in [1.82, 2.24) is 14.8 Å². The van der Waals surface area contributed by atoms with E-state index in [1.165, 1.54) is 28.5 Å². The lowest BCUT2D eigenvalue weighted by atomic mass is 9.83. The quantitative estimate of drug-likeness (QED) is 0.225. The molecule has 0 atom stereocenters. The molecule has 0 radical (unpaired) electrons. The number of hydrogen-bond donors (Lipinski definition) is 0. The van der Waals surface area contributed by atoms with Crippen LogP contribution in [-0.4, -0.2) is 33.3 Å². The fourth-order valence-electron chi connectivity index (χ4n) is 4.82. The molecule has 4 aromatic rings. The Balaban J connectivity index is 1.45. The van der Waals surface area contributed by atoms with Crippen LogP contribution in [0.25, 0.3) is 17.1 Å². The van der Waals surface area contributed by atoms with Crippen LogP contribution < -0.4 is 4.90 Å². The molecular weight excluding hydrogens is 464 g/mol. The fourth-order valence-corrected chi connectivity index (χ4v) is 5.60. The third kappa shape index (κ3) is 4.26. The zero-order valence-corrected chi connectivity index (χ0v) is 22.1. The number of likely N-dealkylation sites (N-methyl/N-ethyl adjacent to an activating group) is 1. The number of rotatable bonds is 6. The Morgan fingerprint density at radius 1 is 0.944 bits per heavy atom. The van der Waals surface area contributed by atoms with Crippen molar-refractivity contribution in [2.45, 2.75) is 38.3 Å². The highest BCUT2D eigenvalue weighted by Gasteiger charge is 2.38. The van der Waals surface area contributed by atoms with E-state index in [2.05, 4.69) is 79.2 Å². The highest BCUT2D eigenvalue weighted by Crippen LogP contribution is 2.46. The fraction of sp³-hybridized carbons (Fsp3) is 0.233. The van der Waals surface area contributed by atoms with Gasteiger partial charge in [0.05, 0.1) is 11.4 Å². The van der Waals surface area contributed by atoms with Crippen molar-refractivity contribution in [3.8, 4) is 17.1 Å². The number of ketones is 1. The number of aromatic nitrogens is 3. The molecule has 0 aliphatic carbocycles. The minimum absolute atomic E-state index is 0.0543. The molecule has 5 nitrogen and oxygen atoms in total. The first-order valence-corrected chi connectivity index (χ1v) is 13.1. The molecule has 1 aromatic heterocycles. The van der Waals surface area contributed by atoms with Gasteiger partial charge in [0.1, 0.15) is 0 Å². The van der Waals surface area contributed by atoms with Crippen LogP contribution >= 0.6 is 11.8 Å². The molecule has 0 amide bonds. The van der Waals surface area contributed by atoms with Gasteiger partial charge in [-0.2, -0.15) is 0 Å². The molecule has 0 saturated carbocycles. The number of fused-ring (bicyclic) bond motifs is 1. The van der Waals surface area contributed by atoms with E-state index in [0.717, 1.165) is 28.5 Å². The first-order valence-electron chi connectivity index (χ1n) is 12.1. The molecule has 36 heavy (non-hydrogen) atoms. The van der Waals surface area contributed by atoms with E-state index in [-0.39, 0.29) is 17.0 Å². The van der Waals surface area contributed by atoms with Gasteiger partial charge >= 0.3 is 0 Å². The molecule has 182 valence electrons. The summed E-state index contributed by atoms with van der Waals surface area (Å²) in [5.74, 6) is 1.10. The summed E-state index contributed by atoms with van der Waals surface area (Å²) in [6, 6.07) is 24.7. The molecule has 0 spiro atoms. The molecular formula is C30H30N4OS. The smallest absolute Gasteiger partial charge is 0.196 e. The lowest BCUT2D eigenvalue weighted by Crippen LogP contribution is -2.24. The number of aryl methyl sites for hydroxylation is 2. The van der Waals surface area contributed by atoms with Gasteiger partial charge in [0.15, 0.2) is 16.8 Å². The SMILES string of the molecule is Cc1ccc(-n2c(SCC(=O)/C=C3\N(C)c4ccccc4C3(C)C)nnc2-c2ccccc2)cc1C. The Labute approximate surface area is 216 Å². The zero-order chi connectivity index (χ0) is 25.4. The summed E-state index contributed by atoms with van der Waals surface area (Å²) in [4.78, 5) is 15.3. The van der Waals surface area contributed by atoms with E-state index >= 15 is 0 Å². The minimum atomic E-state index is -0.231. The molecule has 0 unspecified atom stereocenters. The van der Waals surface area contributed by atoms with Crippen molar-refractivity contribution >= 4 is 23.2 Å². The molecule has 0 N–H and O–H groups in total. The van der Waals surface area contributed by atoms with Crippen molar-refractivity contribution < 1.29 is 4.79 Å². The van der Waals surface area contributed by atoms with E-state index in [1.807, 2.05) is 48.0 Å². The summed E-state index contributed by atoms with van der Waals surface area (Å²) in [6.45, 7) is 8.55. The molecule has 3 aromatic carbocycles. The topological polar surface area (TPSA) is 51.0 Å². The van der Waals surface area contributed by atoms with E-state index in [1.54, 1.807) is 6.08 Å². The van der Waals surface area contributed by atoms with Gasteiger partial charge in [0.25, 0.3) is 0 Å². The van der Waals surface area contributed by atoms with Crippen LogP contribution in [0.3, 0.4) is 0 Å². The predicted octanol–water partition coefficient (Wildman–Crippen LogP) is 6.52. The standard InChI is InChI=1S/C30H30N4OS/c1-20-15-16-23(17-21(20)2)34-28(22-11-7-6-8-12-22)31-32-29(34)36-19-24(35)18-27-30(3,4)25-13-9-10-14-26(25)33(27)5/h6-18H,19H2,1-5H3/b27-18-. The first kappa shape index (κ1) is 24.1. The second-order valence-electron chi connectivity index (χ2n) is 9.76. The van der Waals surface area contributed by atoms with Gasteiger partial charge in [-0.15, -0.1) is 10.2 Å². The lowest BCUT2D eigenvalue weighted by Gasteiger charge is -2.23. The van der Waals surface area contributed by atoms with Gasteiger partial charge in [0.2, 0.25) is 0 Å². The molecule has 0 fully saturated rings. The average Bonchev–Trinajstić information content (AvgIpc) is 3.38. The maximum absolute atomic E-state index is 13.2. The summed E-state index contributed by atoms with van der Waals surface area (Å²) in [7, 11) is 2.03. The van der Waals surface area contributed by atoms with E-state index in [9.17, 15) is 4.79 Å². The van der Waals surface area contributed by atoms with Gasteiger partial charge in [-0.25, -0.2) is 0 Å². The largest absolute Gasteiger partial charge is 0.347 e. The number of allylic oxidation sites excluding steroid dienone is 2. The summed E-state index contributed by atoms with van der Waals surface area (Å²) in [5.41, 5.74) is 7.56. The summed E-state index contributed by atoms with van der Waals surface area (Å²) in [6.07, 6.45) is 1.79. The van der Waals surface area contributed by atoms with Crippen LogP contribution in [-0.2, 0) is 10.2 Å². The van der Waals surface area contributed by atoms with E-state index < -0.39 is 0 Å². The van der Waals surface area contributed by atoms with Crippen LogP contribution in [0.2, 0.25) is 0 Å². The third-order valence-electron chi connectivity index (χ3n) is 7.00. The Hall–Kier alpha value is -3.64. The van der Waals surface area contributed by atoms with E-state index in [0.29, 0.717) is 5.16 Å². The summed E-state index contributed by atoms with van der Waals surface area (Å²) in [5, 5.41) is 9.71. The van der Waals surface area contributed by atoms with Crippen LogP contribution in [0, 0.1) is 13.8 Å². The Bertz CT molecular complexity index is 1470. The molecule has 1 aliphatic rings. The van der Waals surface area contributed by atoms with Crippen LogP contribution in [0.5, 0.6) is 0 Å². The van der Waals surface area contributed by atoms with Crippen molar-refractivity contribution in [3.05, 3.63) is 101 Å². The second kappa shape index (κ2) is 9.43. The zero-order valence-electron chi connectivity index (χ0n) is 21.3. The Kier molecular flexibility index (Phi) is 6.31. The van der Waals surface area contributed by atoms with Gasteiger partial charge in [-0.3, -0.25) is 9.36 Å². The number of carbonyl (C=O) groups excluding carboxylic acids is 1. The highest BCUT2D eigenvalue weighted by atomic mass is 32.2. The normalized spacial score (nSPS) is 15.4. The van der Waals surface area contributed by atoms with Crippen molar-refractivity contribution in [1.29, 1.82) is 0 Å². The molecule has 6 heteroatoms. The second-order valence-corrected chi connectivity index (χ2v) is 10.7. The number of hydrogen-bond acceptors (Lipinski definition) is 5. The minimum Gasteiger partial charge on any atom is -0.347 e. The van der Waals surface area contributed by atoms with Gasteiger partial charge in [0, 0.05) is 35.5 Å². The van der Waals surface area contributed by atoms with Gasteiger partial charge < -0.3 is 4.90 Å². The molecule has 0 saturated heterocycles. The first-order chi connectivity index (χ1) is 17.3. The summed E-state index contributed by atoms with van der Waals surface area (Å²) >= 11 is 1.42. The monoisotopic (exact) mass is 494 g/mol. The lowest BCUT2D eigenvalue weighted by molar-refractivity contribution is -0.112. The Morgan fingerprint density at radius 2 is 1.67 bits per heavy atom. The van der Waals surface area contributed by atoms with Crippen molar-refractivity contribution in [3.63, 3.8) is 0 Å². The highest BCUT2D eigenvalue weighted by molar-refractivity contribution is 7.99. The molecule has 0 bridgehead atoms. The third-order valence-corrected chi connectivity index (χ3v) is 7.95. The van der Waals surface area contributed by atoms with Gasteiger partial charge in [-0.1, -0.05) is 80.2 Å². The Morgan fingerprint density at radius 3 is 2.39 bits per heavy atom. The van der Waals surface area contributed by atoms with Crippen molar-refractivity contribution in [2.24, 2.45) is 0 Å². The maximum atomic E-state index is 13.2. The van der Waals surface area contributed by atoms with Gasteiger partial charge in [-0.05, 0) is 48.7 Å². The molecule has 2 heterocycles. The average molecular weight is 495 g/mol. The maximum Gasteiger partial charge on any atom is 0.196 e. The number of nitrogens with zero attached hydrogens (tertiary/aromatic N) is 4. The van der Waals surface area contributed by atoms with Crippen LogP contribution in [0.4, 0.5) is 5.69 Å². The summed E-state index contributed by atoms with van der Waals surface area (Å²) < 4.78 is 2.05. The molecule has 5 rings (SSSR count). The number of carbonyl (C=O) groups is 1. The molecule has 1 aliphatic heterocycles. The number of para-hydroxylation sites is 1. The predicted molar refractivity (Wildman–Crippen MR) is 148 cm³/mol. The van der Waals surface area contributed by atoms with Crippen LogP contribution in [0.15, 0.2) is 89.7 Å². The van der Waals surface area contributed by atoms with E-state index in [4.69, 9.17) is 0 Å². The number of thioether (sulfide) groups is 1. The van der Waals surface area contributed by atoms with Crippen molar-refractivity contribution in [2.75, 3.05) is 17.7 Å².